The normalized spacial score (nSPS) is 33.9. The van der Waals surface area contributed by atoms with Crippen LogP contribution in [0.1, 0.15) is 6.42 Å². The van der Waals surface area contributed by atoms with Crippen LogP contribution in [0, 0.1) is 0 Å². The number of rotatable bonds is 0. The highest BCUT2D eigenvalue weighted by Gasteiger charge is 2.58. The summed E-state index contributed by atoms with van der Waals surface area (Å²) >= 11 is 0. The largest absolute Gasteiger partial charge is 0.281 e. The Kier molecular flexibility index (Phi) is 1.51. The van der Waals surface area contributed by atoms with Gasteiger partial charge in [-0.15, -0.1) is 0 Å². The molecule has 0 amide bonds. The minimum Gasteiger partial charge on any atom is -0.241 e. The summed E-state index contributed by atoms with van der Waals surface area (Å²) < 4.78 is 33.4. The first-order valence-electron chi connectivity index (χ1n) is 1.65. The molecule has 0 heterocycles. The van der Waals surface area contributed by atoms with E-state index in [1.807, 2.05) is 0 Å². The van der Waals surface area contributed by atoms with Crippen molar-refractivity contribution in [2.75, 3.05) is 0 Å². The van der Waals surface area contributed by atoms with E-state index in [9.17, 15) is 13.2 Å². The molecule has 0 aliphatic heterocycles. The molecule has 44 valence electrons. The fraction of sp³-hybridized carbons (Fsp3) is 1.00. The molecule has 0 nitrogen and oxygen atoms in total. The molecule has 0 saturated heterocycles. The molecule has 1 aliphatic rings. The van der Waals surface area contributed by atoms with Gasteiger partial charge in [0.15, 0.2) is 6.17 Å². The Balaban J connectivity index is 0.000000360. The van der Waals surface area contributed by atoms with Crippen LogP contribution in [0.3, 0.4) is 0 Å². The molecule has 0 aromatic rings. The fourth-order valence-corrected chi connectivity index (χ4v) is 0.180. The standard InChI is InChI=1S/C3H3F3.H4Si/c4-2-1-3(2,5)6;/h2H,1H2;1H4. The lowest BCUT2D eigenvalue weighted by Gasteiger charge is -1.79. The lowest BCUT2D eigenvalue weighted by molar-refractivity contribution is 0.0870. The average Bonchev–Trinajstić information content (AvgIpc) is 1.73. The van der Waals surface area contributed by atoms with Crippen molar-refractivity contribution in [2.24, 2.45) is 0 Å². The van der Waals surface area contributed by atoms with E-state index >= 15 is 0 Å². The Morgan fingerprint density at radius 1 is 1.43 bits per heavy atom. The Morgan fingerprint density at radius 3 is 1.57 bits per heavy atom. The summed E-state index contributed by atoms with van der Waals surface area (Å²) in [5.74, 6) is -2.96. The van der Waals surface area contributed by atoms with Crippen LogP contribution in [0.15, 0.2) is 0 Å². The molecule has 0 spiro atoms. The molecular formula is C3H7F3Si. The van der Waals surface area contributed by atoms with E-state index in [0.717, 1.165) is 0 Å². The van der Waals surface area contributed by atoms with Gasteiger partial charge in [-0.05, 0) is 11.0 Å². The first-order valence-corrected chi connectivity index (χ1v) is 1.65. The van der Waals surface area contributed by atoms with Gasteiger partial charge in [-0.25, -0.2) is 13.2 Å². The Hall–Kier alpha value is 0.00688. The van der Waals surface area contributed by atoms with Gasteiger partial charge in [-0.3, -0.25) is 0 Å². The lowest BCUT2D eigenvalue weighted by Crippen LogP contribution is -1.90. The molecule has 1 fully saturated rings. The summed E-state index contributed by atoms with van der Waals surface area (Å²) in [5, 5.41) is 0. The molecule has 1 unspecified atom stereocenters. The molecule has 1 atom stereocenters. The Bertz CT molecular complexity index is 72.6. The number of halogens is 3. The topological polar surface area (TPSA) is 0 Å². The highest BCUT2D eigenvalue weighted by Crippen LogP contribution is 2.44. The molecule has 4 heteroatoms. The summed E-state index contributed by atoms with van der Waals surface area (Å²) in [6.45, 7) is 0. The first-order chi connectivity index (χ1) is 2.63. The summed E-state index contributed by atoms with van der Waals surface area (Å²) in [5.41, 5.74) is 0. The molecule has 1 saturated carbocycles. The predicted octanol–water partition coefficient (Wildman–Crippen LogP) is -0.0881. The first kappa shape index (κ1) is 7.01. The van der Waals surface area contributed by atoms with Gasteiger partial charge in [-0.2, -0.15) is 0 Å². The van der Waals surface area contributed by atoms with Crippen molar-refractivity contribution in [1.29, 1.82) is 0 Å². The molecule has 1 rings (SSSR count). The van der Waals surface area contributed by atoms with Gasteiger partial charge in [0.2, 0.25) is 0 Å². The molecule has 0 aromatic heterocycles. The SMILES string of the molecule is FC1CC1(F)F.[SiH4]. The van der Waals surface area contributed by atoms with Gasteiger partial charge in [0.25, 0.3) is 5.92 Å². The van der Waals surface area contributed by atoms with E-state index in [2.05, 4.69) is 0 Å². The Labute approximate surface area is 43.7 Å². The van der Waals surface area contributed by atoms with Crippen LogP contribution in [0.4, 0.5) is 13.2 Å². The molecule has 7 heavy (non-hydrogen) atoms. The number of hydrogen-bond acceptors (Lipinski definition) is 0. The minimum atomic E-state index is -2.96. The van der Waals surface area contributed by atoms with Crippen molar-refractivity contribution in [3.8, 4) is 0 Å². The van der Waals surface area contributed by atoms with E-state index < -0.39 is 18.5 Å². The van der Waals surface area contributed by atoms with Crippen LogP contribution >= 0.6 is 0 Å². The van der Waals surface area contributed by atoms with Gasteiger partial charge in [0.1, 0.15) is 0 Å². The zero-order valence-corrected chi connectivity index (χ0v) is 2.92. The van der Waals surface area contributed by atoms with Crippen molar-refractivity contribution < 1.29 is 13.2 Å². The van der Waals surface area contributed by atoms with Crippen LogP contribution < -0.4 is 0 Å². The summed E-state index contributed by atoms with van der Waals surface area (Å²) in [6.07, 6.45) is -2.40. The highest BCUT2D eigenvalue weighted by molar-refractivity contribution is 5.75. The maximum absolute atomic E-state index is 11.2. The lowest BCUT2D eigenvalue weighted by atomic mass is 10.8. The third-order valence-electron chi connectivity index (χ3n) is 0.750. The van der Waals surface area contributed by atoms with E-state index in [4.69, 9.17) is 0 Å². The molecule has 0 radical (unpaired) electrons. The smallest absolute Gasteiger partial charge is 0.241 e. The van der Waals surface area contributed by atoms with E-state index in [0.29, 0.717) is 0 Å². The van der Waals surface area contributed by atoms with Crippen LogP contribution in [-0.4, -0.2) is 23.1 Å². The molecule has 0 N–H and O–H groups in total. The molecular weight excluding hydrogens is 121 g/mol. The maximum Gasteiger partial charge on any atom is 0.281 e. The second-order valence-electron chi connectivity index (χ2n) is 1.43. The van der Waals surface area contributed by atoms with Crippen molar-refractivity contribution in [3.05, 3.63) is 0 Å². The zero-order chi connectivity index (χ0) is 4.78. The number of alkyl halides is 3. The molecule has 1 aliphatic carbocycles. The van der Waals surface area contributed by atoms with Gasteiger partial charge < -0.3 is 0 Å². The minimum absolute atomic E-state index is 0. The van der Waals surface area contributed by atoms with Crippen LogP contribution in [-0.2, 0) is 0 Å². The highest BCUT2D eigenvalue weighted by atomic mass is 28.1. The monoisotopic (exact) mass is 128 g/mol. The van der Waals surface area contributed by atoms with Crippen molar-refractivity contribution in [3.63, 3.8) is 0 Å². The average molecular weight is 128 g/mol. The van der Waals surface area contributed by atoms with Gasteiger partial charge >= 0.3 is 0 Å². The number of hydrogen-bond donors (Lipinski definition) is 0. The quantitative estimate of drug-likeness (QED) is 0.400. The predicted molar refractivity (Wildman–Crippen MR) is 25.8 cm³/mol. The van der Waals surface area contributed by atoms with Crippen molar-refractivity contribution >= 4 is 11.0 Å². The Morgan fingerprint density at radius 2 is 1.57 bits per heavy atom. The van der Waals surface area contributed by atoms with Crippen molar-refractivity contribution in [2.45, 2.75) is 18.5 Å². The third kappa shape index (κ3) is 1.19. The second-order valence-corrected chi connectivity index (χ2v) is 1.43. The van der Waals surface area contributed by atoms with E-state index in [1.165, 1.54) is 0 Å². The summed E-state index contributed by atoms with van der Waals surface area (Å²) in [4.78, 5) is 0. The van der Waals surface area contributed by atoms with Gasteiger partial charge in [0.05, 0.1) is 6.42 Å². The maximum atomic E-state index is 11.2. The molecule has 0 bridgehead atoms. The summed E-state index contributed by atoms with van der Waals surface area (Å²) in [7, 11) is 0. The second kappa shape index (κ2) is 1.50. The van der Waals surface area contributed by atoms with Crippen LogP contribution in [0.2, 0.25) is 0 Å². The third-order valence-corrected chi connectivity index (χ3v) is 0.750. The fourth-order valence-electron chi connectivity index (χ4n) is 0.180. The van der Waals surface area contributed by atoms with Gasteiger partial charge in [-0.1, -0.05) is 0 Å². The van der Waals surface area contributed by atoms with Crippen LogP contribution in [0.25, 0.3) is 0 Å². The van der Waals surface area contributed by atoms with E-state index in [-0.39, 0.29) is 11.0 Å². The van der Waals surface area contributed by atoms with Crippen LogP contribution in [0.5, 0.6) is 0 Å². The van der Waals surface area contributed by atoms with Crippen molar-refractivity contribution in [1.82, 2.24) is 0 Å². The zero-order valence-electron chi connectivity index (χ0n) is 2.92. The molecule has 0 aromatic carbocycles. The summed E-state index contributed by atoms with van der Waals surface area (Å²) in [6, 6.07) is 0. The van der Waals surface area contributed by atoms with Gasteiger partial charge in [0, 0.05) is 0 Å². The van der Waals surface area contributed by atoms with E-state index in [1.54, 1.807) is 0 Å².